The van der Waals surface area contributed by atoms with Gasteiger partial charge in [-0.1, -0.05) is 6.92 Å². The summed E-state index contributed by atoms with van der Waals surface area (Å²) in [5, 5.41) is 5.65. The number of hydrazine groups is 1. The molecule has 3 aromatic rings. The highest BCUT2D eigenvalue weighted by atomic mass is 32.1. The van der Waals surface area contributed by atoms with Crippen LogP contribution in [0.25, 0.3) is 16.0 Å². The Kier molecular flexibility index (Phi) is 3.38. The van der Waals surface area contributed by atoms with Crippen molar-refractivity contribution < 1.29 is 0 Å². The van der Waals surface area contributed by atoms with Crippen molar-refractivity contribution in [3.8, 4) is 5.82 Å². The number of fused-ring (bicyclic) bond motifs is 1. The molecule has 0 aliphatic heterocycles. The highest BCUT2D eigenvalue weighted by Gasteiger charge is 2.17. The third-order valence-electron chi connectivity index (χ3n) is 3.62. The summed E-state index contributed by atoms with van der Waals surface area (Å²) in [7, 11) is 0. The zero-order valence-electron chi connectivity index (χ0n) is 12.6. The largest absolute Gasteiger partial charge is 0.292 e. The van der Waals surface area contributed by atoms with E-state index in [0.717, 1.165) is 33.8 Å². The first-order valence-electron chi connectivity index (χ1n) is 6.85. The number of nitrogens with two attached hydrogens (primary N) is 1. The van der Waals surface area contributed by atoms with Crippen LogP contribution in [0, 0.1) is 20.8 Å². The predicted octanol–water partition coefficient (Wildman–Crippen LogP) is 2.65. The first-order valence-corrected chi connectivity index (χ1v) is 7.67. The average Bonchev–Trinajstić information content (AvgIpc) is 2.96. The van der Waals surface area contributed by atoms with E-state index in [4.69, 9.17) is 5.84 Å². The third kappa shape index (κ3) is 2.18. The fourth-order valence-corrected chi connectivity index (χ4v) is 3.52. The molecule has 0 unspecified atom stereocenters. The van der Waals surface area contributed by atoms with Crippen molar-refractivity contribution in [3.05, 3.63) is 27.9 Å². The van der Waals surface area contributed by atoms with E-state index in [9.17, 15) is 0 Å². The lowest BCUT2D eigenvalue weighted by Gasteiger charge is -2.07. The molecule has 110 valence electrons. The molecule has 0 bridgehead atoms. The van der Waals surface area contributed by atoms with Crippen molar-refractivity contribution in [2.75, 3.05) is 5.43 Å². The SMILES string of the molecule is CCc1c(C)nn(-c2nc(NN)nc3sc(C)cc23)c1C. The van der Waals surface area contributed by atoms with E-state index in [2.05, 4.69) is 47.3 Å². The van der Waals surface area contributed by atoms with Gasteiger partial charge >= 0.3 is 0 Å². The minimum Gasteiger partial charge on any atom is -0.292 e. The molecular formula is C14H18N6S. The van der Waals surface area contributed by atoms with Crippen LogP contribution >= 0.6 is 11.3 Å². The number of nitrogen functional groups attached to an aromatic ring is 1. The summed E-state index contributed by atoms with van der Waals surface area (Å²) >= 11 is 1.63. The number of aromatic nitrogens is 4. The molecule has 3 rings (SSSR count). The number of nitrogens with one attached hydrogen (secondary N) is 1. The number of nitrogens with zero attached hydrogens (tertiary/aromatic N) is 4. The molecule has 3 aromatic heterocycles. The van der Waals surface area contributed by atoms with Crippen LogP contribution in [0.4, 0.5) is 5.95 Å². The molecule has 0 atom stereocenters. The molecule has 0 radical (unpaired) electrons. The molecule has 3 heterocycles. The zero-order chi connectivity index (χ0) is 15.1. The molecule has 0 fully saturated rings. The highest BCUT2D eigenvalue weighted by molar-refractivity contribution is 7.18. The van der Waals surface area contributed by atoms with Gasteiger partial charge in [0.1, 0.15) is 4.83 Å². The maximum atomic E-state index is 5.49. The van der Waals surface area contributed by atoms with Crippen molar-refractivity contribution in [1.82, 2.24) is 19.7 Å². The summed E-state index contributed by atoms with van der Waals surface area (Å²) in [5.41, 5.74) is 5.95. The lowest BCUT2D eigenvalue weighted by molar-refractivity contribution is 0.810. The predicted molar refractivity (Wildman–Crippen MR) is 85.9 cm³/mol. The molecular weight excluding hydrogens is 284 g/mol. The normalized spacial score (nSPS) is 11.3. The lowest BCUT2D eigenvalue weighted by atomic mass is 10.1. The Morgan fingerprint density at radius 3 is 2.67 bits per heavy atom. The number of hydrogen-bond acceptors (Lipinski definition) is 6. The number of hydrogen-bond donors (Lipinski definition) is 2. The van der Waals surface area contributed by atoms with Gasteiger partial charge in [0.2, 0.25) is 5.95 Å². The second-order valence-electron chi connectivity index (χ2n) is 5.01. The first-order chi connectivity index (χ1) is 10.0. The summed E-state index contributed by atoms with van der Waals surface area (Å²) in [5.74, 6) is 6.68. The number of rotatable bonds is 3. The van der Waals surface area contributed by atoms with E-state index in [1.165, 1.54) is 10.4 Å². The summed E-state index contributed by atoms with van der Waals surface area (Å²) in [6.45, 7) is 8.30. The van der Waals surface area contributed by atoms with Crippen LogP contribution in [0.5, 0.6) is 0 Å². The van der Waals surface area contributed by atoms with Gasteiger partial charge in [0.15, 0.2) is 5.82 Å². The summed E-state index contributed by atoms with van der Waals surface area (Å²) < 4.78 is 1.89. The van der Waals surface area contributed by atoms with Gasteiger partial charge in [0.25, 0.3) is 0 Å². The van der Waals surface area contributed by atoms with E-state index in [-0.39, 0.29) is 0 Å². The molecule has 0 aromatic carbocycles. The van der Waals surface area contributed by atoms with E-state index in [0.29, 0.717) is 5.95 Å². The second kappa shape index (κ2) is 5.09. The minimum absolute atomic E-state index is 0.407. The van der Waals surface area contributed by atoms with E-state index in [1.54, 1.807) is 11.3 Å². The minimum atomic E-state index is 0.407. The van der Waals surface area contributed by atoms with Crippen LogP contribution in [0.15, 0.2) is 6.07 Å². The Bertz CT molecular complexity index is 817. The van der Waals surface area contributed by atoms with Crippen molar-refractivity contribution in [2.45, 2.75) is 34.1 Å². The Morgan fingerprint density at radius 2 is 2.05 bits per heavy atom. The van der Waals surface area contributed by atoms with Gasteiger partial charge in [-0.3, -0.25) is 5.43 Å². The molecule has 0 saturated heterocycles. The number of thiophene rings is 1. The van der Waals surface area contributed by atoms with E-state index < -0.39 is 0 Å². The molecule has 3 N–H and O–H groups in total. The van der Waals surface area contributed by atoms with Gasteiger partial charge in [-0.15, -0.1) is 11.3 Å². The highest BCUT2D eigenvalue weighted by Crippen LogP contribution is 2.30. The quantitative estimate of drug-likeness (QED) is 0.574. The van der Waals surface area contributed by atoms with Crippen LogP contribution in [0.1, 0.15) is 28.8 Å². The monoisotopic (exact) mass is 302 g/mol. The molecule has 0 saturated carbocycles. The average molecular weight is 302 g/mol. The lowest BCUT2D eigenvalue weighted by Crippen LogP contribution is -2.13. The summed E-state index contributed by atoms with van der Waals surface area (Å²) in [6, 6.07) is 2.09. The van der Waals surface area contributed by atoms with Gasteiger partial charge in [-0.2, -0.15) is 10.1 Å². The van der Waals surface area contributed by atoms with Crippen LogP contribution in [0.3, 0.4) is 0 Å². The standard InChI is InChI=1S/C14H18N6S/c1-5-10-8(3)19-20(9(10)4)12-11-6-7(2)21-13(11)17-14(16-12)18-15/h6H,5,15H2,1-4H3,(H,16,17,18). The van der Waals surface area contributed by atoms with Crippen molar-refractivity contribution in [2.24, 2.45) is 5.84 Å². The Labute approximate surface area is 127 Å². The molecule has 0 amide bonds. The van der Waals surface area contributed by atoms with Gasteiger partial charge in [0.05, 0.1) is 11.1 Å². The van der Waals surface area contributed by atoms with Crippen LogP contribution in [-0.2, 0) is 6.42 Å². The van der Waals surface area contributed by atoms with E-state index in [1.807, 2.05) is 11.6 Å². The fraction of sp³-hybridized carbons (Fsp3) is 0.357. The van der Waals surface area contributed by atoms with Crippen molar-refractivity contribution >= 4 is 27.5 Å². The van der Waals surface area contributed by atoms with Gasteiger partial charge in [0, 0.05) is 10.6 Å². The molecule has 6 nitrogen and oxygen atoms in total. The number of anilines is 1. The van der Waals surface area contributed by atoms with Crippen LogP contribution in [-0.4, -0.2) is 19.7 Å². The van der Waals surface area contributed by atoms with Crippen LogP contribution in [0.2, 0.25) is 0 Å². The second-order valence-corrected chi connectivity index (χ2v) is 6.24. The van der Waals surface area contributed by atoms with Crippen LogP contribution < -0.4 is 11.3 Å². The Morgan fingerprint density at radius 1 is 1.29 bits per heavy atom. The van der Waals surface area contributed by atoms with Crippen molar-refractivity contribution in [1.29, 1.82) is 0 Å². The third-order valence-corrected chi connectivity index (χ3v) is 4.56. The zero-order valence-corrected chi connectivity index (χ0v) is 13.4. The smallest absolute Gasteiger partial charge is 0.240 e. The Balaban J connectivity index is 2.33. The van der Waals surface area contributed by atoms with E-state index >= 15 is 0 Å². The molecule has 0 aliphatic rings. The van der Waals surface area contributed by atoms with Gasteiger partial charge < -0.3 is 0 Å². The number of aryl methyl sites for hydroxylation is 2. The molecule has 7 heteroatoms. The fourth-order valence-electron chi connectivity index (χ4n) is 2.65. The summed E-state index contributed by atoms with van der Waals surface area (Å²) in [6.07, 6.45) is 0.955. The topological polar surface area (TPSA) is 81.7 Å². The van der Waals surface area contributed by atoms with Gasteiger partial charge in [-0.25, -0.2) is 15.5 Å². The summed E-state index contributed by atoms with van der Waals surface area (Å²) in [4.78, 5) is 11.0. The van der Waals surface area contributed by atoms with Crippen molar-refractivity contribution in [3.63, 3.8) is 0 Å². The maximum Gasteiger partial charge on any atom is 0.240 e. The maximum absolute atomic E-state index is 5.49. The first kappa shape index (κ1) is 14.0. The molecule has 21 heavy (non-hydrogen) atoms. The molecule has 0 aliphatic carbocycles. The Hall–Kier alpha value is -1.99. The molecule has 0 spiro atoms. The van der Waals surface area contributed by atoms with Gasteiger partial charge in [-0.05, 0) is 38.8 Å².